The molecular weight excluding hydrogens is 378 g/mol. The van der Waals surface area contributed by atoms with Crippen molar-refractivity contribution in [3.8, 4) is 6.07 Å². The molecule has 8 nitrogen and oxygen atoms in total. The van der Waals surface area contributed by atoms with E-state index < -0.39 is 10.0 Å². The second kappa shape index (κ2) is 8.95. The summed E-state index contributed by atoms with van der Waals surface area (Å²) in [7, 11) is -2.01. The van der Waals surface area contributed by atoms with E-state index in [1.54, 1.807) is 42.7 Å². The van der Waals surface area contributed by atoms with E-state index in [-0.39, 0.29) is 11.4 Å². The number of hydrogen-bond donors (Lipinski definition) is 2. The Kier molecular flexibility index (Phi) is 6.38. The summed E-state index contributed by atoms with van der Waals surface area (Å²) in [6.45, 7) is 1.69. The Balaban J connectivity index is 1.59. The highest BCUT2D eigenvalue weighted by molar-refractivity contribution is 7.89. The van der Waals surface area contributed by atoms with Crippen LogP contribution < -0.4 is 10.0 Å². The zero-order valence-electron chi connectivity index (χ0n) is 15.4. The van der Waals surface area contributed by atoms with Crippen molar-refractivity contribution >= 4 is 15.7 Å². The molecule has 0 saturated heterocycles. The number of aromatic nitrogens is 2. The minimum Gasteiger partial charge on any atom is -0.383 e. The van der Waals surface area contributed by atoms with Gasteiger partial charge in [-0.25, -0.2) is 18.1 Å². The maximum absolute atomic E-state index is 12.1. The van der Waals surface area contributed by atoms with Crippen molar-refractivity contribution in [2.75, 3.05) is 20.3 Å². The largest absolute Gasteiger partial charge is 0.383 e. The summed E-state index contributed by atoms with van der Waals surface area (Å²) < 4.78 is 33.5. The van der Waals surface area contributed by atoms with Crippen LogP contribution in [0.1, 0.15) is 16.8 Å². The van der Waals surface area contributed by atoms with Gasteiger partial charge in [0.25, 0.3) is 0 Å². The number of ether oxygens (including phenoxy) is 1. The molecule has 0 spiro atoms. The molecule has 0 fully saturated rings. The van der Waals surface area contributed by atoms with E-state index in [0.29, 0.717) is 25.3 Å². The Hall–Kier alpha value is -2.77. The molecule has 0 aliphatic heterocycles. The quantitative estimate of drug-likeness (QED) is 0.527. The van der Waals surface area contributed by atoms with E-state index in [0.717, 1.165) is 16.9 Å². The molecule has 28 heavy (non-hydrogen) atoms. The fraction of sp³-hybridized carbons (Fsp3) is 0.263. The van der Waals surface area contributed by atoms with E-state index in [2.05, 4.69) is 21.1 Å². The predicted octanol–water partition coefficient (Wildman–Crippen LogP) is 1.42. The van der Waals surface area contributed by atoms with Gasteiger partial charge in [0.1, 0.15) is 11.7 Å². The highest BCUT2D eigenvalue weighted by atomic mass is 32.2. The molecule has 3 aromatic rings. The lowest BCUT2D eigenvalue weighted by Crippen LogP contribution is -2.27. The first-order valence-corrected chi connectivity index (χ1v) is 10.2. The van der Waals surface area contributed by atoms with Gasteiger partial charge in [-0.3, -0.25) is 0 Å². The number of rotatable bonds is 9. The monoisotopic (exact) mass is 399 g/mol. The molecule has 2 heterocycles. The number of nitriles is 1. The Labute approximate surface area is 163 Å². The first-order chi connectivity index (χ1) is 13.5. The number of imidazole rings is 1. The number of sulfonamides is 1. The summed E-state index contributed by atoms with van der Waals surface area (Å²) >= 11 is 0. The molecular formula is C19H21N5O3S. The Morgan fingerprint density at radius 3 is 2.68 bits per heavy atom. The zero-order valence-corrected chi connectivity index (χ0v) is 16.2. The highest BCUT2D eigenvalue weighted by Crippen LogP contribution is 2.12. The lowest BCUT2D eigenvalue weighted by atomic mass is 10.2. The van der Waals surface area contributed by atoms with Crippen LogP contribution in [-0.2, 0) is 27.8 Å². The number of benzene rings is 1. The Morgan fingerprint density at radius 1 is 1.18 bits per heavy atom. The summed E-state index contributed by atoms with van der Waals surface area (Å²) in [5.74, 6) is 0. The van der Waals surface area contributed by atoms with Crippen LogP contribution >= 0.6 is 0 Å². The number of fused-ring (bicyclic) bond motifs is 1. The maximum atomic E-state index is 12.1. The number of methoxy groups -OCH3 is 1. The summed E-state index contributed by atoms with van der Waals surface area (Å²) in [5, 5.41) is 12.3. The van der Waals surface area contributed by atoms with Gasteiger partial charge in [0, 0.05) is 32.9 Å². The lowest BCUT2D eigenvalue weighted by molar-refractivity contribution is 0.204. The van der Waals surface area contributed by atoms with Gasteiger partial charge in [0.15, 0.2) is 0 Å². The van der Waals surface area contributed by atoms with Gasteiger partial charge in [0.2, 0.25) is 10.0 Å². The third-order valence-electron chi connectivity index (χ3n) is 4.18. The summed E-state index contributed by atoms with van der Waals surface area (Å²) in [5.41, 5.74) is 3.25. The summed E-state index contributed by atoms with van der Waals surface area (Å²) in [4.78, 5) is 4.54. The second-order valence-corrected chi connectivity index (χ2v) is 7.91. The van der Waals surface area contributed by atoms with Crippen molar-refractivity contribution in [3.05, 3.63) is 65.6 Å². The first-order valence-electron chi connectivity index (χ1n) is 8.68. The topological polar surface area (TPSA) is 109 Å². The molecule has 1 aromatic carbocycles. The molecule has 3 rings (SSSR count). The summed E-state index contributed by atoms with van der Waals surface area (Å²) in [6.07, 6.45) is 3.53. The van der Waals surface area contributed by atoms with Crippen molar-refractivity contribution in [3.63, 3.8) is 0 Å². The molecule has 0 amide bonds. The normalized spacial score (nSPS) is 11.6. The number of pyridine rings is 1. The van der Waals surface area contributed by atoms with Gasteiger partial charge in [-0.05, 0) is 29.8 Å². The third-order valence-corrected chi connectivity index (χ3v) is 5.66. The standard InChI is InChI=1S/C19H21N5O3S/c1-27-9-8-23-28(25,26)18-5-2-15(3-6-18)11-21-12-17-13-22-19-7-4-16(10-20)14-24(17)19/h2-7,13-14,21,23H,8-9,11-12H2,1H3. The van der Waals surface area contributed by atoms with Gasteiger partial charge in [-0.2, -0.15) is 5.26 Å². The molecule has 146 valence electrons. The van der Waals surface area contributed by atoms with Crippen molar-refractivity contribution in [1.82, 2.24) is 19.4 Å². The summed E-state index contributed by atoms with van der Waals surface area (Å²) in [6, 6.07) is 12.4. The lowest BCUT2D eigenvalue weighted by Gasteiger charge is -2.08. The molecule has 0 aliphatic rings. The average molecular weight is 399 g/mol. The highest BCUT2D eigenvalue weighted by Gasteiger charge is 2.12. The van der Waals surface area contributed by atoms with E-state index in [1.165, 1.54) is 7.11 Å². The van der Waals surface area contributed by atoms with Crippen LogP contribution in [0.2, 0.25) is 0 Å². The molecule has 0 unspecified atom stereocenters. The molecule has 2 N–H and O–H groups in total. The SMILES string of the molecule is COCCNS(=O)(=O)c1ccc(CNCc2cnc3ccc(C#N)cn23)cc1. The van der Waals surface area contributed by atoms with Crippen LogP contribution in [-0.4, -0.2) is 38.1 Å². The molecule has 0 aliphatic carbocycles. The molecule has 0 atom stereocenters. The van der Waals surface area contributed by atoms with E-state index in [9.17, 15) is 8.42 Å². The van der Waals surface area contributed by atoms with Gasteiger partial charge >= 0.3 is 0 Å². The zero-order chi connectivity index (χ0) is 20.0. The molecule has 2 aromatic heterocycles. The number of hydrogen-bond acceptors (Lipinski definition) is 6. The second-order valence-electron chi connectivity index (χ2n) is 6.15. The van der Waals surface area contributed by atoms with Gasteiger partial charge in [-0.15, -0.1) is 0 Å². The van der Waals surface area contributed by atoms with E-state index >= 15 is 0 Å². The first kappa shape index (κ1) is 20.0. The molecule has 0 bridgehead atoms. The van der Waals surface area contributed by atoms with Crippen LogP contribution in [0.15, 0.2) is 53.7 Å². The molecule has 9 heteroatoms. The fourth-order valence-corrected chi connectivity index (χ4v) is 3.72. The van der Waals surface area contributed by atoms with Gasteiger partial charge < -0.3 is 14.5 Å². The van der Waals surface area contributed by atoms with Gasteiger partial charge in [-0.1, -0.05) is 12.1 Å². The van der Waals surface area contributed by atoms with Crippen LogP contribution in [0.4, 0.5) is 0 Å². The van der Waals surface area contributed by atoms with Crippen LogP contribution in [0.5, 0.6) is 0 Å². The predicted molar refractivity (Wildman–Crippen MR) is 104 cm³/mol. The van der Waals surface area contributed by atoms with E-state index in [4.69, 9.17) is 10.00 Å². The molecule has 0 radical (unpaired) electrons. The average Bonchev–Trinajstić information content (AvgIpc) is 3.10. The van der Waals surface area contributed by atoms with Crippen molar-refractivity contribution < 1.29 is 13.2 Å². The van der Waals surface area contributed by atoms with E-state index in [1.807, 2.05) is 10.5 Å². The minimum atomic E-state index is -3.52. The fourth-order valence-electron chi connectivity index (χ4n) is 2.71. The van der Waals surface area contributed by atoms with Crippen LogP contribution in [0, 0.1) is 11.3 Å². The maximum Gasteiger partial charge on any atom is 0.240 e. The number of nitrogens with one attached hydrogen (secondary N) is 2. The third kappa shape index (κ3) is 4.74. The van der Waals surface area contributed by atoms with Crippen LogP contribution in [0.25, 0.3) is 5.65 Å². The Bertz CT molecular complexity index is 1080. The smallest absolute Gasteiger partial charge is 0.240 e. The number of nitrogens with zero attached hydrogens (tertiary/aromatic N) is 3. The minimum absolute atomic E-state index is 0.221. The van der Waals surface area contributed by atoms with Crippen LogP contribution in [0.3, 0.4) is 0 Å². The Morgan fingerprint density at radius 2 is 1.96 bits per heavy atom. The van der Waals surface area contributed by atoms with Crippen molar-refractivity contribution in [2.24, 2.45) is 0 Å². The van der Waals surface area contributed by atoms with Crippen molar-refractivity contribution in [1.29, 1.82) is 5.26 Å². The van der Waals surface area contributed by atoms with Gasteiger partial charge in [0.05, 0.1) is 29.0 Å². The molecule has 0 saturated carbocycles. The van der Waals surface area contributed by atoms with Crippen molar-refractivity contribution in [2.45, 2.75) is 18.0 Å².